The van der Waals surface area contributed by atoms with Crippen LogP contribution in [-0.4, -0.2) is 29.5 Å². The summed E-state index contributed by atoms with van der Waals surface area (Å²) in [7, 11) is 3.62. The highest BCUT2D eigenvalue weighted by atomic mass is 19.4. The Hall–Kier alpha value is -3.22. The van der Waals surface area contributed by atoms with Crippen LogP contribution in [0.15, 0.2) is 67.0 Å². The number of aromatic nitrogens is 1. The fraction of sp³-hybridized carbons (Fsp3) is 0.190. The molecule has 0 N–H and O–H groups in total. The second-order valence-corrected chi connectivity index (χ2v) is 6.82. The smallest absolute Gasteiger partial charge is 0.350 e. The molecule has 0 saturated heterocycles. The Balaban J connectivity index is 1.71. The molecule has 0 spiro atoms. The number of halogens is 3. The zero-order valence-corrected chi connectivity index (χ0v) is 15.3. The monoisotopic (exact) mass is 385 g/mol. The highest BCUT2D eigenvalue weighted by molar-refractivity contribution is 6.01. The number of para-hydroxylation sites is 1. The van der Waals surface area contributed by atoms with Crippen molar-refractivity contribution in [2.24, 2.45) is 0 Å². The third-order valence-electron chi connectivity index (χ3n) is 5.05. The van der Waals surface area contributed by atoms with E-state index in [4.69, 9.17) is 0 Å². The topological polar surface area (TPSA) is 28.5 Å². The summed E-state index contributed by atoms with van der Waals surface area (Å²) in [6.45, 7) is 0. The molecule has 0 bridgehead atoms. The van der Waals surface area contributed by atoms with Gasteiger partial charge in [-0.05, 0) is 36.4 Å². The van der Waals surface area contributed by atoms with Crippen LogP contribution in [0.5, 0.6) is 0 Å². The lowest BCUT2D eigenvalue weighted by Gasteiger charge is -2.41. The molecule has 1 unspecified atom stereocenters. The fourth-order valence-corrected chi connectivity index (χ4v) is 3.67. The Kier molecular flexibility index (Phi) is 4.18. The molecule has 7 heteroatoms. The Labute approximate surface area is 160 Å². The molecular weight excluding hydrogens is 367 g/mol. The molecule has 2 heterocycles. The number of anilines is 1. The molecule has 1 amide bonds. The summed E-state index contributed by atoms with van der Waals surface area (Å²) in [6, 6.07) is 14.3. The molecule has 3 aromatic rings. The van der Waals surface area contributed by atoms with Crippen molar-refractivity contribution in [3.8, 4) is 5.69 Å². The van der Waals surface area contributed by atoms with Gasteiger partial charge < -0.3 is 14.4 Å². The SMILES string of the molecule is CN1C(=O)c2ccccc2N(C)C1c1ccn(-c2cccc(C(F)(F)F)c2)c1. The van der Waals surface area contributed by atoms with Gasteiger partial charge in [0.05, 0.1) is 16.8 Å². The summed E-state index contributed by atoms with van der Waals surface area (Å²) in [4.78, 5) is 16.4. The number of hydrogen-bond acceptors (Lipinski definition) is 2. The first-order chi connectivity index (χ1) is 13.3. The first kappa shape index (κ1) is 18.2. The van der Waals surface area contributed by atoms with E-state index in [0.717, 1.165) is 23.4 Å². The third-order valence-corrected chi connectivity index (χ3v) is 5.05. The summed E-state index contributed by atoms with van der Waals surface area (Å²) in [5, 5.41) is 0. The molecule has 1 atom stereocenters. The van der Waals surface area contributed by atoms with E-state index in [1.54, 1.807) is 41.0 Å². The average Bonchev–Trinajstić information content (AvgIpc) is 3.16. The largest absolute Gasteiger partial charge is 0.416 e. The quantitative estimate of drug-likeness (QED) is 0.639. The van der Waals surface area contributed by atoms with Crippen molar-refractivity contribution in [3.05, 3.63) is 83.7 Å². The zero-order chi connectivity index (χ0) is 20.1. The second kappa shape index (κ2) is 6.44. The van der Waals surface area contributed by atoms with Crippen LogP contribution in [0.3, 0.4) is 0 Å². The van der Waals surface area contributed by atoms with Crippen LogP contribution in [0.2, 0.25) is 0 Å². The summed E-state index contributed by atoms with van der Waals surface area (Å²) in [6.07, 6.45) is -1.29. The molecule has 0 radical (unpaired) electrons. The van der Waals surface area contributed by atoms with Gasteiger partial charge >= 0.3 is 6.18 Å². The predicted molar refractivity (Wildman–Crippen MR) is 100 cm³/mol. The number of fused-ring (bicyclic) bond motifs is 1. The van der Waals surface area contributed by atoms with Gasteiger partial charge in [0, 0.05) is 37.7 Å². The van der Waals surface area contributed by atoms with E-state index < -0.39 is 11.7 Å². The molecule has 2 aromatic carbocycles. The molecule has 4 nitrogen and oxygen atoms in total. The Morgan fingerprint density at radius 1 is 0.929 bits per heavy atom. The van der Waals surface area contributed by atoms with Crippen molar-refractivity contribution in [2.75, 3.05) is 19.0 Å². The van der Waals surface area contributed by atoms with E-state index in [2.05, 4.69) is 0 Å². The number of carbonyl (C=O) groups is 1. The van der Waals surface area contributed by atoms with E-state index >= 15 is 0 Å². The lowest BCUT2D eigenvalue weighted by Crippen LogP contribution is -2.45. The molecule has 1 aliphatic rings. The maximum absolute atomic E-state index is 13.0. The summed E-state index contributed by atoms with van der Waals surface area (Å²) in [5.74, 6) is -0.0921. The summed E-state index contributed by atoms with van der Waals surface area (Å²) >= 11 is 0. The van der Waals surface area contributed by atoms with Crippen LogP contribution >= 0.6 is 0 Å². The maximum atomic E-state index is 13.0. The number of rotatable bonds is 2. The molecule has 0 fully saturated rings. The van der Waals surface area contributed by atoms with Crippen molar-refractivity contribution in [1.82, 2.24) is 9.47 Å². The van der Waals surface area contributed by atoms with Gasteiger partial charge in [-0.2, -0.15) is 13.2 Å². The van der Waals surface area contributed by atoms with Crippen LogP contribution in [0, 0.1) is 0 Å². The number of nitrogens with zero attached hydrogens (tertiary/aromatic N) is 3. The van der Waals surface area contributed by atoms with E-state index in [1.807, 2.05) is 36.2 Å². The van der Waals surface area contributed by atoms with Crippen molar-refractivity contribution in [2.45, 2.75) is 12.3 Å². The lowest BCUT2D eigenvalue weighted by molar-refractivity contribution is -0.137. The van der Waals surface area contributed by atoms with Crippen molar-refractivity contribution in [3.63, 3.8) is 0 Å². The van der Waals surface area contributed by atoms with Gasteiger partial charge in [-0.15, -0.1) is 0 Å². The van der Waals surface area contributed by atoms with E-state index in [9.17, 15) is 18.0 Å². The molecule has 4 rings (SSSR count). The Bertz CT molecular complexity index is 1040. The molecule has 144 valence electrons. The molecule has 0 aliphatic carbocycles. The van der Waals surface area contributed by atoms with Crippen LogP contribution in [0.1, 0.15) is 27.7 Å². The maximum Gasteiger partial charge on any atom is 0.416 e. The fourth-order valence-electron chi connectivity index (χ4n) is 3.67. The molecule has 0 saturated carbocycles. The van der Waals surface area contributed by atoms with Crippen molar-refractivity contribution >= 4 is 11.6 Å². The highest BCUT2D eigenvalue weighted by Crippen LogP contribution is 2.37. The number of carbonyl (C=O) groups excluding carboxylic acids is 1. The van der Waals surface area contributed by atoms with Crippen molar-refractivity contribution in [1.29, 1.82) is 0 Å². The molecule has 28 heavy (non-hydrogen) atoms. The van der Waals surface area contributed by atoms with Gasteiger partial charge in [-0.25, -0.2) is 0 Å². The van der Waals surface area contributed by atoms with E-state index in [1.165, 1.54) is 6.07 Å². The van der Waals surface area contributed by atoms with Gasteiger partial charge in [0.15, 0.2) is 0 Å². The standard InChI is InChI=1S/C21H18F3N3O/c1-25-18-9-4-3-8-17(18)20(28)26(2)19(25)14-10-11-27(13-14)16-7-5-6-15(12-16)21(22,23)24/h3-13,19H,1-2H3. The van der Waals surface area contributed by atoms with Crippen LogP contribution in [0.25, 0.3) is 5.69 Å². The molecule has 1 aromatic heterocycles. The lowest BCUT2D eigenvalue weighted by atomic mass is 10.0. The highest BCUT2D eigenvalue weighted by Gasteiger charge is 2.35. The minimum Gasteiger partial charge on any atom is -0.350 e. The Morgan fingerprint density at radius 3 is 2.43 bits per heavy atom. The Morgan fingerprint density at radius 2 is 1.68 bits per heavy atom. The minimum absolute atomic E-state index is 0.0921. The number of benzene rings is 2. The summed E-state index contributed by atoms with van der Waals surface area (Å²) in [5.41, 5.74) is 1.97. The average molecular weight is 385 g/mol. The van der Waals surface area contributed by atoms with Gasteiger partial charge in [-0.3, -0.25) is 4.79 Å². The van der Waals surface area contributed by atoms with Gasteiger partial charge in [0.1, 0.15) is 6.17 Å². The second-order valence-electron chi connectivity index (χ2n) is 6.82. The number of hydrogen-bond donors (Lipinski definition) is 0. The van der Waals surface area contributed by atoms with Gasteiger partial charge in [-0.1, -0.05) is 18.2 Å². The first-order valence-electron chi connectivity index (χ1n) is 8.72. The van der Waals surface area contributed by atoms with Gasteiger partial charge in [0.2, 0.25) is 0 Å². The van der Waals surface area contributed by atoms with Crippen molar-refractivity contribution < 1.29 is 18.0 Å². The zero-order valence-electron chi connectivity index (χ0n) is 15.3. The van der Waals surface area contributed by atoms with Crippen LogP contribution in [-0.2, 0) is 6.18 Å². The number of alkyl halides is 3. The van der Waals surface area contributed by atoms with E-state index in [-0.39, 0.29) is 12.1 Å². The number of amides is 1. The minimum atomic E-state index is -4.40. The molecule has 1 aliphatic heterocycles. The molecular formula is C21H18F3N3O. The van der Waals surface area contributed by atoms with Crippen LogP contribution in [0.4, 0.5) is 18.9 Å². The van der Waals surface area contributed by atoms with Gasteiger partial charge in [0.25, 0.3) is 5.91 Å². The predicted octanol–water partition coefficient (Wildman–Crippen LogP) is 4.72. The normalized spacial score (nSPS) is 17.0. The third kappa shape index (κ3) is 2.93. The summed E-state index contributed by atoms with van der Waals surface area (Å²) < 4.78 is 40.7. The van der Waals surface area contributed by atoms with Crippen LogP contribution < -0.4 is 4.90 Å². The first-order valence-corrected chi connectivity index (χ1v) is 8.72. The van der Waals surface area contributed by atoms with E-state index in [0.29, 0.717) is 11.3 Å².